The van der Waals surface area contributed by atoms with Gasteiger partial charge in [-0.1, -0.05) is 12.1 Å². The molecule has 0 radical (unpaired) electrons. The third kappa shape index (κ3) is 4.29. The van der Waals surface area contributed by atoms with Crippen molar-refractivity contribution in [2.24, 2.45) is 0 Å². The molecule has 2 aromatic rings. The zero-order valence-corrected chi connectivity index (χ0v) is 13.7. The first-order valence-corrected chi connectivity index (χ1v) is 7.69. The van der Waals surface area contributed by atoms with E-state index in [4.69, 9.17) is 9.47 Å². The van der Waals surface area contributed by atoms with Crippen molar-refractivity contribution in [1.29, 1.82) is 0 Å². The van der Waals surface area contributed by atoms with Gasteiger partial charge in [0.2, 0.25) is 0 Å². The highest BCUT2D eigenvalue weighted by atomic mass is 16.5. The second-order valence-electron chi connectivity index (χ2n) is 4.98. The van der Waals surface area contributed by atoms with Crippen LogP contribution in [0, 0.1) is 0 Å². The zero-order chi connectivity index (χ0) is 17.5. The van der Waals surface area contributed by atoms with E-state index >= 15 is 0 Å². The molecule has 0 amide bonds. The Hall–Kier alpha value is -2.95. The van der Waals surface area contributed by atoms with Crippen LogP contribution >= 0.6 is 0 Å². The molecule has 0 heterocycles. The molecule has 0 aliphatic rings. The van der Waals surface area contributed by atoms with Crippen LogP contribution in [0.2, 0.25) is 0 Å². The average molecular weight is 328 g/mol. The van der Waals surface area contributed by atoms with E-state index in [2.05, 4.69) is 0 Å². The summed E-state index contributed by atoms with van der Waals surface area (Å²) in [5.74, 6) is 0.247. The van der Waals surface area contributed by atoms with Crippen molar-refractivity contribution >= 4 is 17.6 Å². The standard InChI is InChI=1S/C19H20O5/c1-3-23-16-10-7-14(18(12-16)24-4-2)11-17(19(21)22)13-5-8-15(20)9-6-13/h5-12,20H,3-4H2,1-2H3,(H,21,22)/b17-11-. The van der Waals surface area contributed by atoms with Gasteiger partial charge < -0.3 is 19.7 Å². The number of carboxylic acids is 1. The van der Waals surface area contributed by atoms with Crippen LogP contribution in [-0.4, -0.2) is 29.4 Å². The second-order valence-corrected chi connectivity index (χ2v) is 4.98. The predicted octanol–water partition coefficient (Wildman–Crippen LogP) is 3.81. The Labute approximate surface area is 140 Å². The van der Waals surface area contributed by atoms with Gasteiger partial charge in [-0.05, 0) is 49.8 Å². The molecule has 2 N–H and O–H groups in total. The van der Waals surface area contributed by atoms with Crippen molar-refractivity contribution in [2.45, 2.75) is 13.8 Å². The molecule has 0 bridgehead atoms. The number of benzene rings is 2. The quantitative estimate of drug-likeness (QED) is 0.597. The van der Waals surface area contributed by atoms with E-state index in [9.17, 15) is 15.0 Å². The summed E-state index contributed by atoms with van der Waals surface area (Å²) in [6, 6.07) is 11.3. The molecule has 0 aliphatic carbocycles. The van der Waals surface area contributed by atoms with Gasteiger partial charge in [0, 0.05) is 11.6 Å². The summed E-state index contributed by atoms with van der Waals surface area (Å²) < 4.78 is 11.1. The maximum atomic E-state index is 11.6. The Morgan fingerprint density at radius 3 is 2.29 bits per heavy atom. The number of carbonyl (C=O) groups is 1. The van der Waals surface area contributed by atoms with Crippen molar-refractivity contribution < 1.29 is 24.5 Å². The molecule has 2 rings (SSSR count). The SMILES string of the molecule is CCOc1ccc(/C=C(\C(=O)O)c2ccc(O)cc2)c(OCC)c1. The Bertz CT molecular complexity index is 732. The number of ether oxygens (including phenoxy) is 2. The minimum atomic E-state index is -1.06. The first-order valence-electron chi connectivity index (χ1n) is 7.69. The molecule has 0 atom stereocenters. The Morgan fingerprint density at radius 2 is 1.71 bits per heavy atom. The predicted molar refractivity (Wildman–Crippen MR) is 92.4 cm³/mol. The summed E-state index contributed by atoms with van der Waals surface area (Å²) in [6.45, 7) is 4.74. The third-order valence-electron chi connectivity index (χ3n) is 3.30. The fraction of sp³-hybridized carbons (Fsp3) is 0.211. The Morgan fingerprint density at radius 1 is 1.04 bits per heavy atom. The fourth-order valence-electron chi connectivity index (χ4n) is 2.24. The number of carboxylic acid groups (broad SMARTS) is 1. The van der Waals surface area contributed by atoms with Gasteiger partial charge >= 0.3 is 5.97 Å². The molecule has 0 saturated heterocycles. The van der Waals surface area contributed by atoms with Gasteiger partial charge in [0.1, 0.15) is 17.2 Å². The molecule has 5 heteroatoms. The van der Waals surface area contributed by atoms with Crippen LogP contribution in [0.3, 0.4) is 0 Å². The van der Waals surface area contributed by atoms with Crippen molar-refractivity contribution in [3.05, 3.63) is 53.6 Å². The molecule has 126 valence electrons. The molecule has 0 spiro atoms. The van der Waals surface area contributed by atoms with Gasteiger partial charge in [-0.25, -0.2) is 4.79 Å². The lowest BCUT2D eigenvalue weighted by atomic mass is 10.0. The van der Waals surface area contributed by atoms with Crippen LogP contribution in [0.5, 0.6) is 17.2 Å². The summed E-state index contributed by atoms with van der Waals surface area (Å²) in [5, 5.41) is 18.9. The fourth-order valence-corrected chi connectivity index (χ4v) is 2.24. The molecule has 0 aliphatic heterocycles. The molecular weight excluding hydrogens is 308 g/mol. The zero-order valence-electron chi connectivity index (χ0n) is 13.7. The molecule has 2 aromatic carbocycles. The molecule has 0 unspecified atom stereocenters. The summed E-state index contributed by atoms with van der Waals surface area (Å²) in [4.78, 5) is 11.6. The minimum absolute atomic E-state index is 0.0829. The van der Waals surface area contributed by atoms with Gasteiger partial charge in [-0.2, -0.15) is 0 Å². The summed E-state index contributed by atoms with van der Waals surface area (Å²) in [6.07, 6.45) is 1.55. The van der Waals surface area contributed by atoms with Crippen molar-refractivity contribution in [3.63, 3.8) is 0 Å². The summed E-state index contributed by atoms with van der Waals surface area (Å²) in [5.41, 5.74) is 1.25. The largest absolute Gasteiger partial charge is 0.508 e. The smallest absolute Gasteiger partial charge is 0.336 e. The minimum Gasteiger partial charge on any atom is -0.508 e. The van der Waals surface area contributed by atoms with Crippen molar-refractivity contribution in [2.75, 3.05) is 13.2 Å². The molecule has 0 aromatic heterocycles. The van der Waals surface area contributed by atoms with Gasteiger partial charge in [0.15, 0.2) is 0 Å². The third-order valence-corrected chi connectivity index (χ3v) is 3.30. The maximum Gasteiger partial charge on any atom is 0.336 e. The van der Waals surface area contributed by atoms with E-state index in [0.29, 0.717) is 35.8 Å². The van der Waals surface area contributed by atoms with Crippen molar-refractivity contribution in [1.82, 2.24) is 0 Å². The van der Waals surface area contributed by atoms with Gasteiger partial charge in [-0.15, -0.1) is 0 Å². The molecule has 0 saturated carbocycles. The average Bonchev–Trinajstić information content (AvgIpc) is 2.55. The first kappa shape index (κ1) is 17.4. The maximum absolute atomic E-state index is 11.6. The topological polar surface area (TPSA) is 76.0 Å². The van der Waals surface area contributed by atoms with E-state index < -0.39 is 5.97 Å². The van der Waals surface area contributed by atoms with Crippen LogP contribution in [0.15, 0.2) is 42.5 Å². The first-order chi connectivity index (χ1) is 11.5. The van der Waals surface area contributed by atoms with Crippen LogP contribution < -0.4 is 9.47 Å². The Kier molecular flexibility index (Phi) is 5.84. The lowest BCUT2D eigenvalue weighted by Gasteiger charge is -2.11. The number of aliphatic carboxylic acids is 1. The lowest BCUT2D eigenvalue weighted by Crippen LogP contribution is -2.01. The van der Waals surface area contributed by atoms with E-state index in [1.54, 1.807) is 36.4 Å². The number of phenolic OH excluding ortho intramolecular Hbond substituents is 1. The van der Waals surface area contributed by atoms with Gasteiger partial charge in [0.05, 0.1) is 18.8 Å². The number of aromatic hydroxyl groups is 1. The summed E-state index contributed by atoms with van der Waals surface area (Å²) >= 11 is 0. The second kappa shape index (κ2) is 8.06. The molecular formula is C19H20O5. The summed E-state index contributed by atoms with van der Waals surface area (Å²) in [7, 11) is 0. The van der Waals surface area contributed by atoms with E-state index in [-0.39, 0.29) is 11.3 Å². The lowest BCUT2D eigenvalue weighted by molar-refractivity contribution is -0.130. The van der Waals surface area contributed by atoms with E-state index in [1.165, 1.54) is 12.1 Å². The van der Waals surface area contributed by atoms with Crippen LogP contribution in [0.4, 0.5) is 0 Å². The number of hydrogen-bond donors (Lipinski definition) is 2. The number of hydrogen-bond acceptors (Lipinski definition) is 4. The molecule has 24 heavy (non-hydrogen) atoms. The van der Waals surface area contributed by atoms with E-state index in [1.807, 2.05) is 13.8 Å². The van der Waals surface area contributed by atoms with Gasteiger partial charge in [-0.3, -0.25) is 0 Å². The normalized spacial score (nSPS) is 11.2. The number of phenols is 1. The Balaban J connectivity index is 2.48. The van der Waals surface area contributed by atoms with Crippen LogP contribution in [0.25, 0.3) is 11.6 Å². The van der Waals surface area contributed by atoms with Gasteiger partial charge in [0.25, 0.3) is 0 Å². The monoisotopic (exact) mass is 328 g/mol. The highest BCUT2D eigenvalue weighted by molar-refractivity contribution is 6.20. The molecule has 5 nitrogen and oxygen atoms in total. The highest BCUT2D eigenvalue weighted by Gasteiger charge is 2.13. The van der Waals surface area contributed by atoms with Crippen LogP contribution in [-0.2, 0) is 4.79 Å². The molecule has 0 fully saturated rings. The van der Waals surface area contributed by atoms with Crippen molar-refractivity contribution in [3.8, 4) is 17.2 Å². The highest BCUT2D eigenvalue weighted by Crippen LogP contribution is 2.29. The number of rotatable bonds is 7. The van der Waals surface area contributed by atoms with Crippen LogP contribution in [0.1, 0.15) is 25.0 Å². The van der Waals surface area contributed by atoms with E-state index in [0.717, 1.165) is 0 Å².